The zero-order valence-corrected chi connectivity index (χ0v) is 13.3. The number of hydrogen-bond donors (Lipinski definition) is 0. The molecule has 24 heavy (non-hydrogen) atoms. The molecule has 3 aromatic rings. The van der Waals surface area contributed by atoms with Crippen molar-refractivity contribution in [3.63, 3.8) is 0 Å². The first kappa shape index (κ1) is 14.6. The number of methoxy groups -OCH3 is 1. The topological polar surface area (TPSA) is 22.1 Å². The molecule has 0 saturated heterocycles. The molecule has 0 radical (unpaired) electrons. The third-order valence-electron chi connectivity index (χ3n) is 4.41. The van der Waals surface area contributed by atoms with Gasteiger partial charge in [0.05, 0.1) is 7.11 Å². The summed E-state index contributed by atoms with van der Waals surface area (Å²) in [6, 6.07) is 16.9. The molecule has 1 heterocycles. The highest BCUT2D eigenvalue weighted by atomic mass is 19.1. The molecule has 1 aromatic heterocycles. The van der Waals surface area contributed by atoms with Gasteiger partial charge in [0, 0.05) is 12.4 Å². The summed E-state index contributed by atoms with van der Waals surface area (Å²) in [5.41, 5.74) is 6.96. The average molecular weight is 317 g/mol. The van der Waals surface area contributed by atoms with Crippen LogP contribution in [0.1, 0.15) is 22.3 Å². The molecule has 0 spiro atoms. The molecule has 0 N–H and O–H groups in total. The number of aromatic nitrogens is 1. The number of rotatable bonds is 3. The quantitative estimate of drug-likeness (QED) is 0.696. The molecule has 0 fully saturated rings. The van der Waals surface area contributed by atoms with Crippen LogP contribution >= 0.6 is 0 Å². The highest BCUT2D eigenvalue weighted by Gasteiger charge is 2.24. The Morgan fingerprint density at radius 2 is 1.67 bits per heavy atom. The first-order chi connectivity index (χ1) is 11.8. The minimum Gasteiger partial charge on any atom is -0.497 e. The molecule has 0 saturated carbocycles. The Labute approximate surface area is 140 Å². The molecule has 4 rings (SSSR count). The lowest BCUT2D eigenvalue weighted by Crippen LogP contribution is -1.90. The van der Waals surface area contributed by atoms with Crippen molar-refractivity contribution in [3.05, 3.63) is 95.1 Å². The van der Waals surface area contributed by atoms with Crippen molar-refractivity contribution >= 4 is 11.1 Å². The average Bonchev–Trinajstić information content (AvgIpc) is 3.01. The highest BCUT2D eigenvalue weighted by molar-refractivity contribution is 6.03. The lowest BCUT2D eigenvalue weighted by atomic mass is 9.95. The predicted molar refractivity (Wildman–Crippen MR) is 93.3 cm³/mol. The summed E-state index contributed by atoms with van der Waals surface area (Å²) >= 11 is 0. The van der Waals surface area contributed by atoms with Crippen molar-refractivity contribution in [1.29, 1.82) is 0 Å². The molecular formula is C21H16FNO. The number of hydrogen-bond acceptors (Lipinski definition) is 2. The molecule has 118 valence electrons. The molecule has 0 amide bonds. The van der Waals surface area contributed by atoms with Crippen LogP contribution in [0.15, 0.2) is 67.0 Å². The monoisotopic (exact) mass is 317 g/mol. The first-order valence-corrected chi connectivity index (χ1v) is 7.83. The Morgan fingerprint density at radius 1 is 0.917 bits per heavy atom. The molecular weight excluding hydrogens is 301 g/mol. The molecule has 1 aliphatic rings. The molecule has 1 aliphatic carbocycles. The van der Waals surface area contributed by atoms with Gasteiger partial charge in [-0.3, -0.25) is 4.98 Å². The zero-order valence-electron chi connectivity index (χ0n) is 13.3. The maximum absolute atomic E-state index is 13.3. The van der Waals surface area contributed by atoms with Gasteiger partial charge in [0.1, 0.15) is 11.6 Å². The smallest absolute Gasteiger partial charge is 0.123 e. The second-order valence-corrected chi connectivity index (χ2v) is 5.80. The van der Waals surface area contributed by atoms with E-state index in [1.165, 1.54) is 34.4 Å². The third kappa shape index (κ3) is 2.48. The number of allylic oxidation sites excluding steroid dienone is 1. The summed E-state index contributed by atoms with van der Waals surface area (Å²) in [6.07, 6.45) is 4.40. The van der Waals surface area contributed by atoms with E-state index in [1.807, 2.05) is 30.3 Å². The van der Waals surface area contributed by atoms with E-state index in [9.17, 15) is 4.39 Å². The van der Waals surface area contributed by atoms with Crippen LogP contribution < -0.4 is 4.74 Å². The van der Waals surface area contributed by atoms with Crippen LogP contribution in [0.4, 0.5) is 4.39 Å². The second kappa shape index (κ2) is 5.93. The molecule has 0 unspecified atom stereocenters. The summed E-state index contributed by atoms with van der Waals surface area (Å²) in [5.74, 6) is 0.630. The van der Waals surface area contributed by atoms with Crippen molar-refractivity contribution < 1.29 is 9.13 Å². The standard InChI is InChI=1S/C21H16FNO/c1-24-18-6-7-19-16(12-18)13-20(14-2-4-17(22)5-3-14)21(19)15-8-10-23-11-9-15/h2-12H,13H2,1H3. The minimum absolute atomic E-state index is 0.220. The Hall–Kier alpha value is -2.94. The van der Waals surface area contributed by atoms with Gasteiger partial charge in [0.2, 0.25) is 0 Å². The van der Waals surface area contributed by atoms with Crippen molar-refractivity contribution in [1.82, 2.24) is 4.98 Å². The first-order valence-electron chi connectivity index (χ1n) is 7.83. The number of nitrogens with zero attached hydrogens (tertiary/aromatic N) is 1. The van der Waals surface area contributed by atoms with E-state index in [-0.39, 0.29) is 5.82 Å². The van der Waals surface area contributed by atoms with Crippen LogP contribution in [-0.2, 0) is 6.42 Å². The van der Waals surface area contributed by atoms with Crippen LogP contribution in [-0.4, -0.2) is 12.1 Å². The van der Waals surface area contributed by atoms with Gasteiger partial charge >= 0.3 is 0 Å². The largest absolute Gasteiger partial charge is 0.497 e. The normalized spacial score (nSPS) is 13.1. The summed E-state index contributed by atoms with van der Waals surface area (Å²) in [4.78, 5) is 4.12. The fourth-order valence-corrected chi connectivity index (χ4v) is 3.27. The number of benzene rings is 2. The van der Waals surface area contributed by atoms with Gasteiger partial charge in [0.15, 0.2) is 0 Å². The number of fused-ring (bicyclic) bond motifs is 1. The molecule has 2 aromatic carbocycles. The van der Waals surface area contributed by atoms with E-state index in [4.69, 9.17) is 4.74 Å². The Morgan fingerprint density at radius 3 is 2.38 bits per heavy atom. The van der Waals surface area contributed by atoms with Crippen molar-refractivity contribution in [2.45, 2.75) is 6.42 Å². The van der Waals surface area contributed by atoms with Gasteiger partial charge in [-0.1, -0.05) is 18.2 Å². The summed E-state index contributed by atoms with van der Waals surface area (Å²) in [5, 5.41) is 0. The van der Waals surface area contributed by atoms with Gasteiger partial charge in [-0.15, -0.1) is 0 Å². The zero-order chi connectivity index (χ0) is 16.5. The van der Waals surface area contributed by atoms with Gasteiger partial charge < -0.3 is 4.74 Å². The SMILES string of the molecule is COc1ccc2c(c1)CC(c1ccc(F)cc1)=C2c1ccncc1. The second-order valence-electron chi connectivity index (χ2n) is 5.80. The van der Waals surface area contributed by atoms with E-state index < -0.39 is 0 Å². The molecule has 0 atom stereocenters. The van der Waals surface area contributed by atoms with Crippen LogP contribution in [0.2, 0.25) is 0 Å². The lowest BCUT2D eigenvalue weighted by molar-refractivity contribution is 0.414. The fourth-order valence-electron chi connectivity index (χ4n) is 3.27. The van der Waals surface area contributed by atoms with Gasteiger partial charge in [-0.25, -0.2) is 4.39 Å². The van der Waals surface area contributed by atoms with E-state index >= 15 is 0 Å². The van der Waals surface area contributed by atoms with Crippen molar-refractivity contribution in [2.24, 2.45) is 0 Å². The van der Waals surface area contributed by atoms with Crippen molar-refractivity contribution in [3.8, 4) is 5.75 Å². The summed E-state index contributed by atoms with van der Waals surface area (Å²) in [6.45, 7) is 0. The van der Waals surface area contributed by atoms with Gasteiger partial charge in [0.25, 0.3) is 0 Å². The van der Waals surface area contributed by atoms with E-state index in [0.717, 1.165) is 23.3 Å². The van der Waals surface area contributed by atoms with Crippen LogP contribution in [0, 0.1) is 5.82 Å². The maximum Gasteiger partial charge on any atom is 0.123 e. The van der Waals surface area contributed by atoms with E-state index in [1.54, 1.807) is 19.5 Å². The fraction of sp³-hybridized carbons (Fsp3) is 0.0952. The third-order valence-corrected chi connectivity index (χ3v) is 4.41. The molecule has 3 heteroatoms. The van der Waals surface area contributed by atoms with Crippen LogP contribution in [0.3, 0.4) is 0 Å². The minimum atomic E-state index is -0.220. The molecule has 0 aliphatic heterocycles. The van der Waals surface area contributed by atoms with E-state index in [0.29, 0.717) is 0 Å². The highest BCUT2D eigenvalue weighted by Crippen LogP contribution is 2.43. The van der Waals surface area contributed by atoms with Crippen LogP contribution in [0.5, 0.6) is 5.75 Å². The molecule has 2 nitrogen and oxygen atoms in total. The maximum atomic E-state index is 13.3. The van der Waals surface area contributed by atoms with Crippen molar-refractivity contribution in [2.75, 3.05) is 7.11 Å². The number of ether oxygens (including phenoxy) is 1. The summed E-state index contributed by atoms with van der Waals surface area (Å²) in [7, 11) is 1.68. The van der Waals surface area contributed by atoms with Gasteiger partial charge in [-0.2, -0.15) is 0 Å². The van der Waals surface area contributed by atoms with E-state index in [2.05, 4.69) is 17.1 Å². The Bertz CT molecular complexity index is 914. The molecule has 0 bridgehead atoms. The van der Waals surface area contributed by atoms with Crippen LogP contribution in [0.25, 0.3) is 11.1 Å². The Kier molecular flexibility index (Phi) is 3.62. The number of halogens is 1. The number of pyridine rings is 1. The predicted octanol–water partition coefficient (Wildman–Crippen LogP) is 4.74. The summed E-state index contributed by atoms with van der Waals surface area (Å²) < 4.78 is 18.7. The van der Waals surface area contributed by atoms with Gasteiger partial charge in [-0.05, 0) is 76.2 Å². The lowest BCUT2D eigenvalue weighted by Gasteiger charge is -2.10. The Balaban J connectivity index is 1.92.